The molecule has 1 nitrogen and oxygen atoms in total. The van der Waals surface area contributed by atoms with Gasteiger partial charge in [0.15, 0.2) is 0 Å². The molecule has 78 valence electrons. The topological polar surface area (TPSA) is 26.0 Å². The average Bonchev–Trinajstić information content (AvgIpc) is 2.29. The van der Waals surface area contributed by atoms with Gasteiger partial charge in [0.2, 0.25) is 0 Å². The summed E-state index contributed by atoms with van der Waals surface area (Å²) in [7, 11) is 0. The minimum Gasteiger partial charge on any atom is -0.398 e. The van der Waals surface area contributed by atoms with Gasteiger partial charge in [0.05, 0.1) is 0 Å². The maximum Gasteiger partial charge on any atom is 0.0400 e. The van der Waals surface area contributed by atoms with Gasteiger partial charge in [0.1, 0.15) is 0 Å². The largest absolute Gasteiger partial charge is 0.398 e. The van der Waals surface area contributed by atoms with Crippen LogP contribution in [-0.4, -0.2) is 0 Å². The van der Waals surface area contributed by atoms with E-state index in [4.69, 9.17) is 5.73 Å². The van der Waals surface area contributed by atoms with Crippen molar-refractivity contribution in [3.63, 3.8) is 0 Å². The van der Waals surface area contributed by atoms with Crippen LogP contribution >= 0.6 is 0 Å². The van der Waals surface area contributed by atoms with E-state index in [0.29, 0.717) is 0 Å². The van der Waals surface area contributed by atoms with Crippen LogP contribution in [0.15, 0.2) is 48.5 Å². The number of fused-ring (bicyclic) bond motifs is 3. The molecule has 0 spiro atoms. The maximum atomic E-state index is 6.09. The molecule has 0 saturated carbocycles. The monoisotopic (exact) mass is 207 g/mol. The summed E-state index contributed by atoms with van der Waals surface area (Å²) in [6, 6.07) is 16.9. The van der Waals surface area contributed by atoms with Crippen LogP contribution in [0.1, 0.15) is 5.56 Å². The van der Waals surface area contributed by atoms with E-state index in [2.05, 4.69) is 49.4 Å². The van der Waals surface area contributed by atoms with Gasteiger partial charge in [0.25, 0.3) is 0 Å². The molecule has 0 amide bonds. The maximum absolute atomic E-state index is 6.09. The second kappa shape index (κ2) is 3.24. The summed E-state index contributed by atoms with van der Waals surface area (Å²) < 4.78 is 0. The molecule has 0 bridgehead atoms. The molecule has 3 aromatic carbocycles. The van der Waals surface area contributed by atoms with Crippen LogP contribution in [0, 0.1) is 6.92 Å². The van der Waals surface area contributed by atoms with E-state index in [1.807, 2.05) is 6.07 Å². The third kappa shape index (κ3) is 1.25. The first kappa shape index (κ1) is 9.22. The van der Waals surface area contributed by atoms with E-state index in [0.717, 1.165) is 11.1 Å². The molecule has 16 heavy (non-hydrogen) atoms. The molecule has 3 rings (SSSR count). The molecule has 0 atom stereocenters. The number of aryl methyl sites for hydroxylation is 1. The lowest BCUT2D eigenvalue weighted by atomic mass is 9.99. The number of nitrogens with two attached hydrogens (primary N) is 1. The van der Waals surface area contributed by atoms with Gasteiger partial charge in [-0.15, -0.1) is 0 Å². The number of anilines is 1. The van der Waals surface area contributed by atoms with Gasteiger partial charge in [-0.05, 0) is 35.2 Å². The Morgan fingerprint density at radius 1 is 0.812 bits per heavy atom. The van der Waals surface area contributed by atoms with Crippen molar-refractivity contribution in [2.24, 2.45) is 0 Å². The summed E-state index contributed by atoms with van der Waals surface area (Å²) >= 11 is 0. The quantitative estimate of drug-likeness (QED) is 0.439. The molecule has 0 radical (unpaired) electrons. The third-order valence-corrected chi connectivity index (χ3v) is 3.05. The fourth-order valence-electron chi connectivity index (χ4n) is 2.25. The van der Waals surface area contributed by atoms with Gasteiger partial charge in [-0.25, -0.2) is 0 Å². The Kier molecular flexibility index (Phi) is 1.87. The van der Waals surface area contributed by atoms with Crippen molar-refractivity contribution in [1.29, 1.82) is 0 Å². The molecule has 0 unspecified atom stereocenters. The Hall–Kier alpha value is -2.02. The van der Waals surface area contributed by atoms with Crippen LogP contribution in [-0.2, 0) is 0 Å². The summed E-state index contributed by atoms with van der Waals surface area (Å²) in [5, 5.41) is 4.86. The van der Waals surface area contributed by atoms with Crippen LogP contribution in [0.3, 0.4) is 0 Å². The second-order valence-electron chi connectivity index (χ2n) is 4.24. The Balaban J connectivity index is 2.59. The lowest BCUT2D eigenvalue weighted by Crippen LogP contribution is -1.89. The summed E-state index contributed by atoms with van der Waals surface area (Å²) in [4.78, 5) is 0. The highest BCUT2D eigenvalue weighted by atomic mass is 14.5. The molecule has 0 aliphatic rings. The number of rotatable bonds is 0. The number of benzene rings is 3. The number of hydrogen-bond donors (Lipinski definition) is 1. The zero-order chi connectivity index (χ0) is 11.1. The standard InChI is InChI=1S/C15H13N/c1-10-6-7-13-12-5-3-2-4-11(12)9-15(16)14(13)8-10/h2-9H,16H2,1H3. The minimum atomic E-state index is 0.859. The van der Waals surface area contributed by atoms with Gasteiger partial charge in [-0.1, -0.05) is 42.0 Å². The van der Waals surface area contributed by atoms with Crippen molar-refractivity contribution in [3.05, 3.63) is 54.1 Å². The molecular formula is C15H13N. The molecule has 0 aromatic heterocycles. The number of hydrogen-bond acceptors (Lipinski definition) is 1. The fourth-order valence-corrected chi connectivity index (χ4v) is 2.25. The highest BCUT2D eigenvalue weighted by Crippen LogP contribution is 2.30. The first-order valence-corrected chi connectivity index (χ1v) is 5.43. The molecule has 2 N–H and O–H groups in total. The zero-order valence-electron chi connectivity index (χ0n) is 9.20. The van der Waals surface area contributed by atoms with E-state index in [1.54, 1.807) is 0 Å². The lowest BCUT2D eigenvalue weighted by molar-refractivity contribution is 1.51. The number of nitrogen functional groups attached to an aromatic ring is 1. The van der Waals surface area contributed by atoms with Crippen LogP contribution in [0.2, 0.25) is 0 Å². The Labute approximate surface area is 94.5 Å². The predicted molar refractivity (Wildman–Crippen MR) is 70.6 cm³/mol. The smallest absolute Gasteiger partial charge is 0.0400 e. The van der Waals surface area contributed by atoms with Gasteiger partial charge in [0, 0.05) is 11.1 Å². The van der Waals surface area contributed by atoms with Crippen molar-refractivity contribution in [3.8, 4) is 0 Å². The van der Waals surface area contributed by atoms with Crippen LogP contribution < -0.4 is 5.73 Å². The van der Waals surface area contributed by atoms with Crippen LogP contribution in [0.5, 0.6) is 0 Å². The van der Waals surface area contributed by atoms with Crippen molar-refractivity contribution in [2.45, 2.75) is 6.92 Å². The zero-order valence-corrected chi connectivity index (χ0v) is 9.20. The van der Waals surface area contributed by atoms with Gasteiger partial charge in [-0.2, -0.15) is 0 Å². The Morgan fingerprint density at radius 3 is 2.50 bits per heavy atom. The minimum absolute atomic E-state index is 0.859. The molecule has 0 heterocycles. The molecule has 0 fully saturated rings. The molecule has 0 saturated heterocycles. The predicted octanol–water partition coefficient (Wildman–Crippen LogP) is 3.88. The molecular weight excluding hydrogens is 194 g/mol. The Bertz CT molecular complexity index is 683. The van der Waals surface area contributed by atoms with Crippen LogP contribution in [0.4, 0.5) is 5.69 Å². The van der Waals surface area contributed by atoms with E-state index >= 15 is 0 Å². The molecule has 0 aliphatic heterocycles. The third-order valence-electron chi connectivity index (χ3n) is 3.05. The van der Waals surface area contributed by atoms with E-state index in [9.17, 15) is 0 Å². The molecule has 0 aliphatic carbocycles. The van der Waals surface area contributed by atoms with Crippen molar-refractivity contribution in [1.82, 2.24) is 0 Å². The van der Waals surface area contributed by atoms with Crippen LogP contribution in [0.25, 0.3) is 21.5 Å². The first-order chi connectivity index (χ1) is 7.75. The highest BCUT2D eigenvalue weighted by Gasteiger charge is 2.03. The van der Waals surface area contributed by atoms with Gasteiger partial charge < -0.3 is 5.73 Å². The second-order valence-corrected chi connectivity index (χ2v) is 4.24. The summed E-state index contributed by atoms with van der Waals surface area (Å²) in [6.07, 6.45) is 0. The summed E-state index contributed by atoms with van der Waals surface area (Å²) in [5.41, 5.74) is 8.19. The Morgan fingerprint density at radius 2 is 1.62 bits per heavy atom. The first-order valence-electron chi connectivity index (χ1n) is 5.43. The van der Waals surface area contributed by atoms with Crippen molar-refractivity contribution in [2.75, 3.05) is 5.73 Å². The summed E-state index contributed by atoms with van der Waals surface area (Å²) in [5.74, 6) is 0. The van der Waals surface area contributed by atoms with Gasteiger partial charge in [-0.3, -0.25) is 0 Å². The molecule has 1 heteroatoms. The summed E-state index contributed by atoms with van der Waals surface area (Å²) in [6.45, 7) is 2.09. The highest BCUT2D eigenvalue weighted by molar-refractivity contribution is 6.12. The normalized spacial score (nSPS) is 11.1. The fraction of sp³-hybridized carbons (Fsp3) is 0.0667. The SMILES string of the molecule is Cc1ccc2c(c1)c(N)cc1ccccc12. The molecule has 3 aromatic rings. The van der Waals surface area contributed by atoms with Crippen molar-refractivity contribution < 1.29 is 0 Å². The van der Waals surface area contributed by atoms with E-state index in [1.165, 1.54) is 21.7 Å². The van der Waals surface area contributed by atoms with E-state index in [-0.39, 0.29) is 0 Å². The van der Waals surface area contributed by atoms with Crippen molar-refractivity contribution >= 4 is 27.2 Å². The van der Waals surface area contributed by atoms with E-state index < -0.39 is 0 Å². The average molecular weight is 207 g/mol. The van der Waals surface area contributed by atoms with Gasteiger partial charge >= 0.3 is 0 Å². The lowest BCUT2D eigenvalue weighted by Gasteiger charge is -2.07.